The molecule has 8 nitrogen and oxygen atoms in total. The highest BCUT2D eigenvalue weighted by atomic mass is 19.4. The topological polar surface area (TPSA) is 78.5 Å². The van der Waals surface area contributed by atoms with E-state index in [4.69, 9.17) is 14.6 Å². The van der Waals surface area contributed by atoms with E-state index in [2.05, 4.69) is 15.4 Å². The molecule has 0 aliphatic carbocycles. The summed E-state index contributed by atoms with van der Waals surface area (Å²) in [6, 6.07) is 11.1. The summed E-state index contributed by atoms with van der Waals surface area (Å²) in [5, 5.41) is 11.8. The Kier molecular flexibility index (Phi) is 5.51. The number of alkyl halides is 3. The average Bonchev–Trinajstić information content (AvgIpc) is 3.54. The predicted molar refractivity (Wildman–Crippen MR) is 114 cm³/mol. The number of fused-ring (bicyclic) bond motifs is 1. The highest BCUT2D eigenvalue weighted by Crippen LogP contribution is 2.30. The van der Waals surface area contributed by atoms with Gasteiger partial charge in [-0.2, -0.15) is 23.4 Å². The molecular weight excluding hydrogens is 437 g/mol. The minimum absolute atomic E-state index is 0.272. The van der Waals surface area contributed by atoms with Crippen molar-refractivity contribution in [2.45, 2.75) is 18.9 Å². The van der Waals surface area contributed by atoms with Crippen LogP contribution in [-0.4, -0.2) is 50.3 Å². The molecule has 0 saturated carbocycles. The van der Waals surface area contributed by atoms with Crippen molar-refractivity contribution in [1.29, 1.82) is 0 Å². The fraction of sp³-hybridized carbons (Fsp3) is 0.318. The fourth-order valence-corrected chi connectivity index (χ4v) is 3.75. The zero-order chi connectivity index (χ0) is 23.0. The highest BCUT2D eigenvalue weighted by molar-refractivity contribution is 5.76. The van der Waals surface area contributed by atoms with Crippen molar-refractivity contribution in [3.63, 3.8) is 0 Å². The average molecular weight is 458 g/mol. The molecule has 1 N–H and O–H groups in total. The van der Waals surface area contributed by atoms with E-state index in [-0.39, 0.29) is 12.8 Å². The predicted octanol–water partition coefficient (Wildman–Crippen LogP) is 4.21. The van der Waals surface area contributed by atoms with Crippen molar-refractivity contribution in [2.75, 3.05) is 25.1 Å². The second-order valence-corrected chi connectivity index (χ2v) is 7.65. The maximum absolute atomic E-state index is 12.7. The molecule has 1 fully saturated rings. The van der Waals surface area contributed by atoms with Crippen LogP contribution in [0, 0.1) is 0 Å². The second-order valence-electron chi connectivity index (χ2n) is 7.65. The van der Waals surface area contributed by atoms with Gasteiger partial charge in [0.25, 0.3) is 0 Å². The Hall–Kier alpha value is -3.44. The summed E-state index contributed by atoms with van der Waals surface area (Å²) in [5.74, 6) is 0. The molecule has 172 valence electrons. The molecule has 1 aromatic carbocycles. The Morgan fingerprint density at radius 1 is 1.09 bits per heavy atom. The molecule has 5 rings (SSSR count). The van der Waals surface area contributed by atoms with E-state index < -0.39 is 12.6 Å². The number of anilines is 1. The molecule has 4 aromatic rings. The van der Waals surface area contributed by atoms with Crippen molar-refractivity contribution in [2.24, 2.45) is 7.05 Å². The SMILES string of the molecule is Cn1nccc1-c1cc(NCCC(F)(F)F)c2ncc(-c3ccc(C4OCCO4)cc3)n2n1. The van der Waals surface area contributed by atoms with Gasteiger partial charge in [0.1, 0.15) is 5.69 Å². The Bertz CT molecular complexity index is 1260. The second kappa shape index (κ2) is 8.49. The van der Waals surface area contributed by atoms with Gasteiger partial charge in [-0.25, -0.2) is 9.50 Å². The quantitative estimate of drug-likeness (QED) is 0.467. The lowest BCUT2D eigenvalue weighted by molar-refractivity contribution is -0.131. The third-order valence-corrected chi connectivity index (χ3v) is 5.38. The van der Waals surface area contributed by atoms with Crippen LogP contribution in [0.5, 0.6) is 0 Å². The standard InChI is InChI=1S/C22H21F3N6O2/c1-30-18(6-8-28-30)16-12-17(26-9-7-22(23,24)25)20-27-13-19(31(20)29-16)14-2-4-15(5-3-14)21-32-10-11-33-21/h2-6,8,12-13,21,26H,7,9-11H2,1H3. The van der Waals surface area contributed by atoms with Crippen molar-refractivity contribution in [3.8, 4) is 22.6 Å². The molecule has 0 unspecified atom stereocenters. The molecule has 1 saturated heterocycles. The molecule has 33 heavy (non-hydrogen) atoms. The van der Waals surface area contributed by atoms with Crippen LogP contribution in [0.4, 0.5) is 18.9 Å². The summed E-state index contributed by atoms with van der Waals surface area (Å²) in [5.41, 5.74) is 4.63. The van der Waals surface area contributed by atoms with Crippen LogP contribution >= 0.6 is 0 Å². The molecule has 1 aliphatic rings. The zero-order valence-corrected chi connectivity index (χ0v) is 17.7. The summed E-state index contributed by atoms with van der Waals surface area (Å²) in [6.45, 7) is 0.848. The largest absolute Gasteiger partial charge is 0.390 e. The van der Waals surface area contributed by atoms with Crippen molar-refractivity contribution < 1.29 is 22.6 Å². The Morgan fingerprint density at radius 2 is 1.85 bits per heavy atom. The first-order chi connectivity index (χ1) is 15.9. The van der Waals surface area contributed by atoms with Crippen LogP contribution in [0.2, 0.25) is 0 Å². The molecule has 11 heteroatoms. The normalized spacial score (nSPS) is 14.9. The van der Waals surface area contributed by atoms with Gasteiger partial charge in [0.2, 0.25) is 0 Å². The molecule has 0 radical (unpaired) electrons. The lowest BCUT2D eigenvalue weighted by Gasteiger charge is -2.13. The van der Waals surface area contributed by atoms with Gasteiger partial charge in [-0.3, -0.25) is 4.68 Å². The number of rotatable bonds is 6. The summed E-state index contributed by atoms with van der Waals surface area (Å²) < 4.78 is 52.4. The monoisotopic (exact) mass is 458 g/mol. The summed E-state index contributed by atoms with van der Waals surface area (Å²) in [6.07, 6.45) is -2.29. The van der Waals surface area contributed by atoms with Gasteiger partial charge in [0, 0.05) is 30.9 Å². The number of aryl methyl sites for hydroxylation is 1. The molecule has 0 atom stereocenters. The van der Waals surface area contributed by atoms with Gasteiger partial charge in [-0.15, -0.1) is 0 Å². The maximum Gasteiger partial charge on any atom is 0.390 e. The minimum atomic E-state index is -4.25. The Labute approximate surface area is 187 Å². The molecular formula is C22H21F3N6O2. The molecule has 0 spiro atoms. The summed E-state index contributed by atoms with van der Waals surface area (Å²) in [4.78, 5) is 4.44. The minimum Gasteiger partial charge on any atom is -0.382 e. The number of ether oxygens (including phenoxy) is 2. The molecule has 1 aliphatic heterocycles. The number of hydrogen-bond donors (Lipinski definition) is 1. The van der Waals surface area contributed by atoms with Gasteiger partial charge in [-0.05, 0) is 12.1 Å². The number of nitrogens with one attached hydrogen (secondary N) is 1. The van der Waals surface area contributed by atoms with E-state index in [1.807, 2.05) is 24.3 Å². The van der Waals surface area contributed by atoms with Crippen molar-refractivity contribution in [1.82, 2.24) is 24.4 Å². The van der Waals surface area contributed by atoms with Crippen LogP contribution in [0.25, 0.3) is 28.3 Å². The van der Waals surface area contributed by atoms with E-state index in [1.54, 1.807) is 40.8 Å². The van der Waals surface area contributed by atoms with Crippen LogP contribution in [0.3, 0.4) is 0 Å². The van der Waals surface area contributed by atoms with Crippen LogP contribution < -0.4 is 5.32 Å². The van der Waals surface area contributed by atoms with Gasteiger partial charge in [0.05, 0.1) is 42.9 Å². The van der Waals surface area contributed by atoms with Crippen LogP contribution in [0.15, 0.2) is 48.8 Å². The zero-order valence-electron chi connectivity index (χ0n) is 17.7. The fourth-order valence-electron chi connectivity index (χ4n) is 3.75. The number of imidazole rings is 1. The number of aromatic nitrogens is 5. The van der Waals surface area contributed by atoms with Crippen molar-refractivity contribution in [3.05, 3.63) is 54.4 Å². The van der Waals surface area contributed by atoms with Crippen molar-refractivity contribution >= 4 is 11.3 Å². The van der Waals surface area contributed by atoms with E-state index in [0.717, 1.165) is 16.8 Å². The van der Waals surface area contributed by atoms with Gasteiger partial charge < -0.3 is 14.8 Å². The number of hydrogen-bond acceptors (Lipinski definition) is 6. The van der Waals surface area contributed by atoms with E-state index >= 15 is 0 Å². The Morgan fingerprint density at radius 3 is 2.52 bits per heavy atom. The third kappa shape index (κ3) is 4.41. The van der Waals surface area contributed by atoms with E-state index in [9.17, 15) is 13.2 Å². The van der Waals surface area contributed by atoms with Gasteiger partial charge in [-0.1, -0.05) is 24.3 Å². The van der Waals surface area contributed by atoms with Crippen LogP contribution in [0.1, 0.15) is 18.3 Å². The smallest absolute Gasteiger partial charge is 0.382 e. The lowest BCUT2D eigenvalue weighted by Crippen LogP contribution is -2.15. The first kappa shape index (κ1) is 21.4. The first-order valence-corrected chi connectivity index (χ1v) is 10.4. The van der Waals surface area contributed by atoms with Gasteiger partial charge in [0.15, 0.2) is 11.9 Å². The summed E-state index contributed by atoms with van der Waals surface area (Å²) in [7, 11) is 1.78. The number of benzene rings is 1. The molecule has 3 aromatic heterocycles. The lowest BCUT2D eigenvalue weighted by atomic mass is 10.1. The maximum atomic E-state index is 12.7. The van der Waals surface area contributed by atoms with Crippen LogP contribution in [-0.2, 0) is 16.5 Å². The molecule has 0 amide bonds. The first-order valence-electron chi connectivity index (χ1n) is 10.4. The van der Waals surface area contributed by atoms with E-state index in [1.165, 1.54) is 0 Å². The molecule has 4 heterocycles. The summed E-state index contributed by atoms with van der Waals surface area (Å²) >= 11 is 0. The highest BCUT2D eigenvalue weighted by Gasteiger charge is 2.26. The Balaban J connectivity index is 1.54. The third-order valence-electron chi connectivity index (χ3n) is 5.38. The van der Waals surface area contributed by atoms with E-state index in [0.29, 0.717) is 35.9 Å². The number of nitrogens with zero attached hydrogens (tertiary/aromatic N) is 5. The van der Waals surface area contributed by atoms with Gasteiger partial charge >= 0.3 is 6.18 Å². The molecule has 0 bridgehead atoms. The number of halogens is 3.